The summed E-state index contributed by atoms with van der Waals surface area (Å²) in [5.41, 5.74) is 0.496. The predicted molar refractivity (Wildman–Crippen MR) is 71.0 cm³/mol. The summed E-state index contributed by atoms with van der Waals surface area (Å²) in [7, 11) is -3.49. The molecule has 0 spiro atoms. The van der Waals surface area contributed by atoms with E-state index in [1.807, 2.05) is 0 Å². The predicted octanol–water partition coefficient (Wildman–Crippen LogP) is 1.29. The van der Waals surface area contributed by atoms with E-state index in [-0.39, 0.29) is 23.9 Å². The molecule has 0 aliphatic carbocycles. The first-order valence-corrected chi connectivity index (χ1v) is 7.57. The van der Waals surface area contributed by atoms with Crippen molar-refractivity contribution in [2.45, 2.75) is 6.42 Å². The van der Waals surface area contributed by atoms with Crippen LogP contribution in [-0.2, 0) is 10.0 Å². The standard InChI is InChI=1S/C12H12N2O5S/c15-9-10(16)12(14-6-1-7-20(14,17)18)19-11(9)8-2-4-13-5-3-8/h2-5,15-16H,1,6-7H2. The van der Waals surface area contributed by atoms with E-state index >= 15 is 0 Å². The second kappa shape index (κ2) is 4.41. The van der Waals surface area contributed by atoms with Gasteiger partial charge in [0.05, 0.1) is 5.75 Å². The number of hydrogen-bond acceptors (Lipinski definition) is 6. The van der Waals surface area contributed by atoms with Gasteiger partial charge in [-0.1, -0.05) is 0 Å². The molecule has 2 N–H and O–H groups in total. The van der Waals surface area contributed by atoms with Crippen molar-refractivity contribution in [2.75, 3.05) is 16.6 Å². The van der Waals surface area contributed by atoms with Crippen LogP contribution in [0, 0.1) is 0 Å². The number of pyridine rings is 1. The van der Waals surface area contributed by atoms with Crippen LogP contribution >= 0.6 is 0 Å². The average molecular weight is 296 g/mol. The monoisotopic (exact) mass is 296 g/mol. The topological polar surface area (TPSA) is 104 Å². The van der Waals surface area contributed by atoms with E-state index in [2.05, 4.69) is 4.98 Å². The van der Waals surface area contributed by atoms with Crippen LogP contribution in [0.15, 0.2) is 28.9 Å². The molecule has 0 atom stereocenters. The lowest BCUT2D eigenvalue weighted by Gasteiger charge is -2.12. The first-order chi connectivity index (χ1) is 9.50. The highest BCUT2D eigenvalue weighted by Crippen LogP contribution is 2.47. The maximum atomic E-state index is 11.8. The van der Waals surface area contributed by atoms with E-state index in [1.165, 1.54) is 12.4 Å². The zero-order valence-corrected chi connectivity index (χ0v) is 11.2. The summed E-state index contributed by atoms with van der Waals surface area (Å²) in [6.45, 7) is 0.221. The number of aromatic hydroxyl groups is 2. The number of sulfonamides is 1. The molecule has 8 heteroatoms. The molecule has 0 amide bonds. The van der Waals surface area contributed by atoms with Crippen molar-refractivity contribution in [1.29, 1.82) is 0 Å². The van der Waals surface area contributed by atoms with E-state index in [0.717, 1.165) is 4.31 Å². The van der Waals surface area contributed by atoms with Gasteiger partial charge in [0.25, 0.3) is 5.88 Å². The lowest BCUT2D eigenvalue weighted by atomic mass is 10.2. The third-order valence-electron chi connectivity index (χ3n) is 3.11. The molecule has 0 bridgehead atoms. The van der Waals surface area contributed by atoms with E-state index in [4.69, 9.17) is 4.42 Å². The number of aromatic nitrogens is 1. The van der Waals surface area contributed by atoms with E-state index in [0.29, 0.717) is 12.0 Å². The fourth-order valence-electron chi connectivity index (χ4n) is 2.14. The second-order valence-electron chi connectivity index (χ2n) is 4.41. The molecule has 7 nitrogen and oxygen atoms in total. The van der Waals surface area contributed by atoms with Gasteiger partial charge in [-0.05, 0) is 18.6 Å². The average Bonchev–Trinajstić information content (AvgIpc) is 2.92. The molecule has 1 aliphatic heterocycles. The minimum absolute atomic E-state index is 0.00150. The molecule has 1 aliphatic rings. The molecule has 3 heterocycles. The van der Waals surface area contributed by atoms with Crippen LogP contribution in [0.25, 0.3) is 11.3 Å². The summed E-state index contributed by atoms with van der Waals surface area (Å²) in [6, 6.07) is 3.17. The number of nitrogens with zero attached hydrogens (tertiary/aromatic N) is 2. The number of furan rings is 1. The molecule has 106 valence electrons. The van der Waals surface area contributed by atoms with E-state index < -0.39 is 21.5 Å². The highest BCUT2D eigenvalue weighted by Gasteiger charge is 2.35. The van der Waals surface area contributed by atoms with Crippen molar-refractivity contribution in [3.8, 4) is 22.8 Å². The Kier molecular flexibility index (Phi) is 2.82. The lowest BCUT2D eigenvalue weighted by Crippen LogP contribution is -2.24. The third kappa shape index (κ3) is 1.88. The summed E-state index contributed by atoms with van der Waals surface area (Å²) in [5.74, 6) is -1.28. The summed E-state index contributed by atoms with van der Waals surface area (Å²) in [6.07, 6.45) is 3.45. The quantitative estimate of drug-likeness (QED) is 0.865. The first-order valence-electron chi connectivity index (χ1n) is 5.96. The van der Waals surface area contributed by atoms with Crippen molar-refractivity contribution in [2.24, 2.45) is 0 Å². The Hall–Kier alpha value is -2.22. The highest BCUT2D eigenvalue weighted by atomic mass is 32.2. The molecular formula is C12H12N2O5S. The molecule has 0 radical (unpaired) electrons. The van der Waals surface area contributed by atoms with Crippen LogP contribution in [0.1, 0.15) is 6.42 Å². The van der Waals surface area contributed by atoms with E-state index in [1.54, 1.807) is 12.1 Å². The van der Waals surface area contributed by atoms with Gasteiger partial charge in [-0.15, -0.1) is 0 Å². The third-order valence-corrected chi connectivity index (χ3v) is 4.93. The maximum Gasteiger partial charge on any atom is 0.256 e. The molecular weight excluding hydrogens is 284 g/mol. The summed E-state index contributed by atoms with van der Waals surface area (Å²) < 4.78 is 30.0. The fourth-order valence-corrected chi connectivity index (χ4v) is 3.64. The number of anilines is 1. The number of rotatable bonds is 2. The van der Waals surface area contributed by atoms with Gasteiger partial charge in [-0.25, -0.2) is 12.7 Å². The van der Waals surface area contributed by atoms with Crippen molar-refractivity contribution in [3.63, 3.8) is 0 Å². The minimum Gasteiger partial charge on any atom is -0.502 e. The summed E-state index contributed by atoms with van der Waals surface area (Å²) in [4.78, 5) is 3.84. The molecule has 20 heavy (non-hydrogen) atoms. The normalized spacial score (nSPS) is 17.5. The highest BCUT2D eigenvalue weighted by molar-refractivity contribution is 7.93. The Morgan fingerprint density at radius 3 is 2.50 bits per heavy atom. The van der Waals surface area contributed by atoms with E-state index in [9.17, 15) is 18.6 Å². The Morgan fingerprint density at radius 1 is 1.20 bits per heavy atom. The zero-order valence-electron chi connectivity index (χ0n) is 10.4. The van der Waals surface area contributed by atoms with Crippen molar-refractivity contribution >= 4 is 15.9 Å². The molecule has 0 unspecified atom stereocenters. The van der Waals surface area contributed by atoms with Crippen LogP contribution in [0.5, 0.6) is 11.5 Å². The smallest absolute Gasteiger partial charge is 0.256 e. The minimum atomic E-state index is -3.49. The Bertz CT molecular complexity index is 739. The van der Waals surface area contributed by atoms with Crippen LogP contribution in [0.3, 0.4) is 0 Å². The van der Waals surface area contributed by atoms with Crippen molar-refractivity contribution in [1.82, 2.24) is 4.98 Å². The van der Waals surface area contributed by atoms with Crippen LogP contribution in [0.2, 0.25) is 0 Å². The van der Waals surface area contributed by atoms with Gasteiger partial charge in [0.1, 0.15) is 0 Å². The van der Waals surface area contributed by atoms with Gasteiger partial charge in [0.15, 0.2) is 5.76 Å². The molecule has 1 saturated heterocycles. The van der Waals surface area contributed by atoms with Crippen LogP contribution < -0.4 is 4.31 Å². The second-order valence-corrected chi connectivity index (χ2v) is 6.42. The van der Waals surface area contributed by atoms with Crippen molar-refractivity contribution < 1.29 is 23.0 Å². The lowest BCUT2D eigenvalue weighted by molar-refractivity contribution is 0.409. The van der Waals surface area contributed by atoms with Crippen LogP contribution in [-0.4, -0.2) is 35.9 Å². The van der Waals surface area contributed by atoms with Crippen LogP contribution in [0.4, 0.5) is 5.88 Å². The van der Waals surface area contributed by atoms with Gasteiger partial charge in [-0.2, -0.15) is 0 Å². The maximum absolute atomic E-state index is 11.8. The number of hydrogen-bond donors (Lipinski definition) is 2. The first kappa shape index (κ1) is 12.8. The molecule has 2 aromatic heterocycles. The summed E-state index contributed by atoms with van der Waals surface area (Å²) in [5, 5.41) is 19.8. The molecule has 2 aromatic rings. The molecule has 1 fully saturated rings. The van der Waals surface area contributed by atoms with Gasteiger partial charge < -0.3 is 14.6 Å². The Balaban J connectivity index is 2.12. The van der Waals surface area contributed by atoms with Crippen molar-refractivity contribution in [3.05, 3.63) is 24.5 Å². The summed E-state index contributed by atoms with van der Waals surface area (Å²) >= 11 is 0. The Morgan fingerprint density at radius 2 is 1.90 bits per heavy atom. The molecule has 3 rings (SSSR count). The largest absolute Gasteiger partial charge is 0.502 e. The Labute approximate surface area is 115 Å². The fraction of sp³-hybridized carbons (Fsp3) is 0.250. The molecule has 0 saturated carbocycles. The van der Waals surface area contributed by atoms with Gasteiger partial charge in [-0.3, -0.25) is 4.98 Å². The zero-order chi connectivity index (χ0) is 14.3. The SMILES string of the molecule is O=S1(=O)CCCN1c1oc(-c2ccncc2)c(O)c1O. The molecule has 0 aromatic carbocycles. The van der Waals surface area contributed by atoms with Gasteiger partial charge in [0.2, 0.25) is 21.5 Å². The van der Waals surface area contributed by atoms with Gasteiger partial charge >= 0.3 is 0 Å². The van der Waals surface area contributed by atoms with Gasteiger partial charge in [0, 0.05) is 24.5 Å².